The first-order valence-corrected chi connectivity index (χ1v) is 3.59. The number of aryl methyl sites for hydroxylation is 1. The van der Waals surface area contributed by atoms with Crippen LogP contribution in [0, 0.1) is 0 Å². The Kier molecular flexibility index (Phi) is 2.28. The highest BCUT2D eigenvalue weighted by atomic mass is 16.4. The summed E-state index contributed by atoms with van der Waals surface area (Å²) in [6, 6.07) is 1.34. The van der Waals surface area contributed by atoms with Crippen molar-refractivity contribution in [2.45, 2.75) is 13.3 Å². The van der Waals surface area contributed by atoms with E-state index >= 15 is 0 Å². The number of rotatable bonds is 3. The van der Waals surface area contributed by atoms with Gasteiger partial charge in [0, 0.05) is 5.69 Å². The molecule has 0 atom stereocenters. The van der Waals surface area contributed by atoms with Crippen LogP contribution in [0.1, 0.15) is 33.5 Å². The predicted octanol–water partition coefficient (Wildman–Crippen LogP) is 1.09. The number of aromatic carboxylic acids is 1. The molecule has 0 fully saturated rings. The van der Waals surface area contributed by atoms with E-state index < -0.39 is 5.97 Å². The van der Waals surface area contributed by atoms with Gasteiger partial charge in [-0.25, -0.2) is 4.79 Å². The second-order valence-electron chi connectivity index (χ2n) is 2.39. The maximum atomic E-state index is 10.6. The van der Waals surface area contributed by atoms with E-state index in [9.17, 15) is 9.59 Å². The van der Waals surface area contributed by atoms with E-state index in [1.54, 1.807) is 0 Å². The van der Waals surface area contributed by atoms with Crippen LogP contribution < -0.4 is 0 Å². The molecule has 12 heavy (non-hydrogen) atoms. The van der Waals surface area contributed by atoms with Gasteiger partial charge in [0.25, 0.3) is 0 Å². The summed E-state index contributed by atoms with van der Waals surface area (Å²) in [5.41, 5.74) is 1.08. The minimum atomic E-state index is -1.00. The van der Waals surface area contributed by atoms with Gasteiger partial charge in [0.2, 0.25) is 0 Å². The van der Waals surface area contributed by atoms with Crippen molar-refractivity contribution in [1.82, 2.24) is 4.98 Å². The monoisotopic (exact) mass is 167 g/mol. The minimum absolute atomic E-state index is 0.180. The number of carbonyl (C=O) groups is 2. The number of aldehydes is 1. The molecule has 0 aliphatic carbocycles. The van der Waals surface area contributed by atoms with Gasteiger partial charge in [-0.2, -0.15) is 0 Å². The number of aromatic amines is 1. The average Bonchev–Trinajstić information content (AvgIpc) is 2.47. The van der Waals surface area contributed by atoms with Crippen LogP contribution in [0.2, 0.25) is 0 Å². The summed E-state index contributed by atoms with van der Waals surface area (Å²) in [6.07, 6.45) is 1.18. The second-order valence-corrected chi connectivity index (χ2v) is 2.39. The van der Waals surface area contributed by atoms with Gasteiger partial charge in [-0.1, -0.05) is 6.92 Å². The van der Waals surface area contributed by atoms with Gasteiger partial charge in [-0.3, -0.25) is 4.79 Å². The Labute approximate surface area is 69.2 Å². The molecule has 4 heteroatoms. The topological polar surface area (TPSA) is 70.2 Å². The third kappa shape index (κ3) is 1.37. The zero-order valence-corrected chi connectivity index (χ0v) is 6.63. The number of aromatic nitrogens is 1. The van der Waals surface area contributed by atoms with Crippen molar-refractivity contribution in [3.63, 3.8) is 0 Å². The Morgan fingerprint density at radius 2 is 2.42 bits per heavy atom. The predicted molar refractivity (Wildman–Crippen MR) is 42.5 cm³/mol. The molecule has 2 N–H and O–H groups in total. The summed E-state index contributed by atoms with van der Waals surface area (Å²) in [7, 11) is 0. The Morgan fingerprint density at radius 1 is 1.75 bits per heavy atom. The Hall–Kier alpha value is -1.58. The Morgan fingerprint density at radius 3 is 2.75 bits per heavy atom. The lowest BCUT2D eigenvalue weighted by Crippen LogP contribution is -1.98. The van der Waals surface area contributed by atoms with Crippen molar-refractivity contribution < 1.29 is 14.7 Å². The lowest BCUT2D eigenvalue weighted by Gasteiger charge is -1.92. The van der Waals surface area contributed by atoms with Crippen LogP contribution in [-0.2, 0) is 6.42 Å². The van der Waals surface area contributed by atoms with Crippen molar-refractivity contribution in [3.8, 4) is 0 Å². The first-order chi connectivity index (χ1) is 5.69. The van der Waals surface area contributed by atoms with Gasteiger partial charge in [0.05, 0.1) is 11.3 Å². The third-order valence-corrected chi connectivity index (χ3v) is 1.63. The molecule has 1 heterocycles. The molecule has 4 nitrogen and oxygen atoms in total. The van der Waals surface area contributed by atoms with Crippen LogP contribution in [-0.4, -0.2) is 22.3 Å². The van der Waals surface area contributed by atoms with Crippen LogP contribution in [0.3, 0.4) is 0 Å². The Balaban J connectivity index is 3.16. The molecule has 0 aliphatic heterocycles. The molecule has 0 aliphatic rings. The van der Waals surface area contributed by atoms with E-state index in [4.69, 9.17) is 5.11 Å². The highest BCUT2D eigenvalue weighted by Crippen LogP contribution is 2.10. The van der Waals surface area contributed by atoms with Crippen molar-refractivity contribution in [1.29, 1.82) is 0 Å². The molecule has 0 unspecified atom stereocenters. The van der Waals surface area contributed by atoms with E-state index in [1.165, 1.54) is 6.07 Å². The quantitative estimate of drug-likeness (QED) is 0.662. The van der Waals surface area contributed by atoms with Gasteiger partial charge in [0.15, 0.2) is 6.29 Å². The number of carboxylic acids is 1. The van der Waals surface area contributed by atoms with Gasteiger partial charge in [-0.05, 0) is 12.5 Å². The molecular formula is C8H9NO3. The largest absolute Gasteiger partial charge is 0.478 e. The molecule has 0 aromatic carbocycles. The first kappa shape index (κ1) is 8.52. The average molecular weight is 167 g/mol. The van der Waals surface area contributed by atoms with Crippen LogP contribution in [0.15, 0.2) is 6.07 Å². The molecule has 0 saturated heterocycles. The molecule has 0 amide bonds. The summed E-state index contributed by atoms with van der Waals surface area (Å²) in [5.74, 6) is -1.00. The molecule has 64 valence electrons. The third-order valence-electron chi connectivity index (χ3n) is 1.63. The summed E-state index contributed by atoms with van der Waals surface area (Å²) in [6.45, 7) is 1.83. The summed E-state index contributed by atoms with van der Waals surface area (Å²) in [5, 5.41) is 8.67. The van der Waals surface area contributed by atoms with Crippen LogP contribution >= 0.6 is 0 Å². The number of hydrogen-bond acceptors (Lipinski definition) is 2. The molecule has 1 rings (SSSR count). The van der Waals surface area contributed by atoms with Gasteiger partial charge in [0.1, 0.15) is 0 Å². The maximum absolute atomic E-state index is 10.6. The van der Waals surface area contributed by atoms with E-state index in [0.29, 0.717) is 24.1 Å². The normalized spacial score (nSPS) is 9.75. The Bertz CT molecular complexity index is 314. The van der Waals surface area contributed by atoms with Gasteiger partial charge < -0.3 is 10.1 Å². The summed E-state index contributed by atoms with van der Waals surface area (Å²) >= 11 is 0. The molecule has 1 aromatic rings. The van der Waals surface area contributed by atoms with E-state index in [0.717, 1.165) is 0 Å². The molecule has 0 spiro atoms. The molecular weight excluding hydrogens is 158 g/mol. The zero-order chi connectivity index (χ0) is 9.14. The maximum Gasteiger partial charge on any atom is 0.337 e. The van der Waals surface area contributed by atoms with E-state index in [2.05, 4.69) is 4.98 Å². The van der Waals surface area contributed by atoms with Crippen molar-refractivity contribution >= 4 is 12.3 Å². The van der Waals surface area contributed by atoms with Gasteiger partial charge in [-0.15, -0.1) is 0 Å². The van der Waals surface area contributed by atoms with Crippen LogP contribution in [0.5, 0.6) is 0 Å². The molecule has 0 saturated carbocycles. The molecule has 0 bridgehead atoms. The van der Waals surface area contributed by atoms with E-state index in [1.807, 2.05) is 6.92 Å². The second kappa shape index (κ2) is 3.21. The lowest BCUT2D eigenvalue weighted by molar-refractivity contribution is 0.0696. The smallest absolute Gasteiger partial charge is 0.337 e. The molecule has 1 aromatic heterocycles. The van der Waals surface area contributed by atoms with Crippen LogP contribution in [0.4, 0.5) is 0 Å². The lowest BCUT2D eigenvalue weighted by atomic mass is 10.2. The number of nitrogens with one attached hydrogen (secondary N) is 1. The SMILES string of the molecule is CCc1[nH]c(C=O)cc1C(=O)O. The first-order valence-electron chi connectivity index (χ1n) is 3.59. The zero-order valence-electron chi connectivity index (χ0n) is 6.63. The fourth-order valence-electron chi connectivity index (χ4n) is 1.05. The minimum Gasteiger partial charge on any atom is -0.478 e. The van der Waals surface area contributed by atoms with Crippen molar-refractivity contribution in [2.24, 2.45) is 0 Å². The van der Waals surface area contributed by atoms with Gasteiger partial charge >= 0.3 is 5.97 Å². The van der Waals surface area contributed by atoms with E-state index in [-0.39, 0.29) is 5.56 Å². The highest BCUT2D eigenvalue weighted by Gasteiger charge is 2.11. The van der Waals surface area contributed by atoms with Crippen molar-refractivity contribution in [3.05, 3.63) is 23.0 Å². The molecule has 0 radical (unpaired) electrons. The fourth-order valence-corrected chi connectivity index (χ4v) is 1.05. The fraction of sp³-hybridized carbons (Fsp3) is 0.250. The summed E-state index contributed by atoms with van der Waals surface area (Å²) < 4.78 is 0. The number of H-pyrrole nitrogens is 1. The number of hydrogen-bond donors (Lipinski definition) is 2. The number of carbonyl (C=O) groups excluding carboxylic acids is 1. The standard InChI is InChI=1S/C8H9NO3/c1-2-7-6(8(11)12)3-5(4-10)9-7/h3-4,9H,2H2,1H3,(H,11,12). The van der Waals surface area contributed by atoms with Crippen molar-refractivity contribution in [2.75, 3.05) is 0 Å². The van der Waals surface area contributed by atoms with Crippen LogP contribution in [0.25, 0.3) is 0 Å². The summed E-state index contributed by atoms with van der Waals surface area (Å²) in [4.78, 5) is 23.6. The number of carboxylic acid groups (broad SMARTS) is 1. The highest BCUT2D eigenvalue weighted by molar-refractivity contribution is 5.91.